The summed E-state index contributed by atoms with van der Waals surface area (Å²) < 4.78 is 34.2. The van der Waals surface area contributed by atoms with Crippen molar-refractivity contribution in [1.82, 2.24) is 19.8 Å². The van der Waals surface area contributed by atoms with Crippen LogP contribution in [0.15, 0.2) is 33.8 Å². The van der Waals surface area contributed by atoms with E-state index in [-0.39, 0.29) is 19.4 Å². The first-order chi connectivity index (χ1) is 15.8. The zero-order valence-corrected chi connectivity index (χ0v) is 20.1. The van der Waals surface area contributed by atoms with E-state index in [0.29, 0.717) is 49.0 Å². The van der Waals surface area contributed by atoms with Crippen LogP contribution < -0.4 is 10.2 Å². The lowest BCUT2D eigenvalue weighted by molar-refractivity contribution is 0.0903. The number of nitrogens with zero attached hydrogens (tertiary/aromatic N) is 4. The summed E-state index contributed by atoms with van der Waals surface area (Å²) in [6, 6.07) is 5.01. The summed E-state index contributed by atoms with van der Waals surface area (Å²) in [4.78, 5) is 19.3. The number of likely N-dealkylation sites (N-methyl/N-ethyl adjacent to an activating group) is 1. The molecule has 11 heteroatoms. The van der Waals surface area contributed by atoms with Gasteiger partial charge in [-0.05, 0) is 44.7 Å². The third-order valence-electron chi connectivity index (χ3n) is 6.28. The van der Waals surface area contributed by atoms with Crippen LogP contribution in [0.4, 0.5) is 5.82 Å². The normalized spacial score (nSPS) is 22.2. The van der Waals surface area contributed by atoms with E-state index in [4.69, 9.17) is 9.26 Å². The summed E-state index contributed by atoms with van der Waals surface area (Å²) in [5, 5.41) is 6.92. The number of rotatable bonds is 9. The molecule has 2 aliphatic rings. The highest BCUT2D eigenvalue weighted by Crippen LogP contribution is 2.54. The van der Waals surface area contributed by atoms with E-state index in [1.54, 1.807) is 29.6 Å². The van der Waals surface area contributed by atoms with Gasteiger partial charge in [0.1, 0.15) is 11.6 Å². The molecule has 0 bridgehead atoms. The molecule has 1 amide bonds. The second-order valence-corrected chi connectivity index (χ2v) is 10.8. The first-order valence-corrected chi connectivity index (χ1v) is 12.8. The Labute approximate surface area is 197 Å². The second kappa shape index (κ2) is 9.98. The summed E-state index contributed by atoms with van der Waals surface area (Å²) in [7, 11) is 0.370. The van der Waals surface area contributed by atoms with E-state index in [0.717, 1.165) is 24.4 Å². The van der Waals surface area contributed by atoms with E-state index < -0.39 is 10.8 Å². The first kappa shape index (κ1) is 24.0. The van der Waals surface area contributed by atoms with Crippen LogP contribution in [-0.4, -0.2) is 75.4 Å². The fourth-order valence-electron chi connectivity index (χ4n) is 4.11. The van der Waals surface area contributed by atoms with Gasteiger partial charge in [-0.1, -0.05) is 5.16 Å². The quantitative estimate of drug-likeness (QED) is 0.493. The van der Waals surface area contributed by atoms with Crippen molar-refractivity contribution in [2.24, 2.45) is 0 Å². The molecule has 2 aromatic rings. The minimum absolute atomic E-state index is 0. The Morgan fingerprint density at radius 1 is 1.39 bits per heavy atom. The number of hydrogen-bond acceptors (Lipinski definition) is 9. The molecule has 0 radical (unpaired) electrons. The van der Waals surface area contributed by atoms with Gasteiger partial charge in [0.15, 0.2) is 5.69 Å². The molecule has 184 valence electrons. The number of carbonyl (C=O) groups excluding carboxylic acids is 1. The standard InChI is InChI=1S/C22H33N5O5S.H2/c1-15-12-17(24-22(28)19-13-20(32-25-19)16-4-5-16)8-9-27(15)33(29,30)18-6-7-21(23-14-18)26(2)10-11-31-3;/h6-7,13-17,29-30H,4-5,8-12H2,1-3H3,(H,24,28);1H/t15?,17-;/m0./s1. The lowest BCUT2D eigenvalue weighted by Gasteiger charge is -2.49. The van der Waals surface area contributed by atoms with Crippen LogP contribution in [0.25, 0.3) is 0 Å². The van der Waals surface area contributed by atoms with E-state index in [1.807, 2.05) is 18.9 Å². The Morgan fingerprint density at radius 3 is 2.82 bits per heavy atom. The van der Waals surface area contributed by atoms with Crippen molar-refractivity contribution in [1.29, 1.82) is 0 Å². The molecule has 3 N–H and O–H groups in total. The van der Waals surface area contributed by atoms with Gasteiger partial charge >= 0.3 is 0 Å². The molecule has 2 aromatic heterocycles. The van der Waals surface area contributed by atoms with Gasteiger partial charge in [-0.25, -0.2) is 4.98 Å². The Bertz CT molecular complexity index is 955. The van der Waals surface area contributed by atoms with Crippen molar-refractivity contribution < 1.29 is 24.6 Å². The van der Waals surface area contributed by atoms with E-state index in [9.17, 15) is 13.9 Å². The van der Waals surface area contributed by atoms with Gasteiger partial charge in [0.05, 0.1) is 17.7 Å². The summed E-state index contributed by atoms with van der Waals surface area (Å²) in [5.41, 5.74) is 0.304. The molecule has 10 nitrogen and oxygen atoms in total. The van der Waals surface area contributed by atoms with Crippen LogP contribution in [0, 0.1) is 0 Å². The van der Waals surface area contributed by atoms with Gasteiger partial charge in [0, 0.05) is 52.7 Å². The molecule has 0 spiro atoms. The fraction of sp³-hybridized carbons (Fsp3) is 0.591. The number of aromatic nitrogens is 2. The van der Waals surface area contributed by atoms with Crippen molar-refractivity contribution in [3.63, 3.8) is 0 Å². The topological polar surface area (TPSA) is 124 Å². The SMILES string of the molecule is COCCN(C)c1ccc(S(O)(O)N2CC[C@H](NC(=O)c3cc(C4CC4)on3)CC2C)cn1.[HH]. The Balaban J connectivity index is 0.00000324. The predicted octanol–water partition coefficient (Wildman–Crippen LogP) is 3.58. The minimum Gasteiger partial charge on any atom is -0.383 e. The average molecular weight is 482 g/mol. The van der Waals surface area contributed by atoms with Gasteiger partial charge in [-0.2, -0.15) is 4.31 Å². The molecular weight excluding hydrogens is 446 g/mol. The molecule has 1 aliphatic heterocycles. The summed E-state index contributed by atoms with van der Waals surface area (Å²) in [6.45, 7) is 3.65. The van der Waals surface area contributed by atoms with E-state index in [2.05, 4.69) is 15.5 Å². The largest absolute Gasteiger partial charge is 0.383 e. The zero-order valence-electron chi connectivity index (χ0n) is 19.3. The third-order valence-corrected chi connectivity index (χ3v) is 8.35. The smallest absolute Gasteiger partial charge is 0.273 e. The van der Waals surface area contributed by atoms with Crippen molar-refractivity contribution in [3.8, 4) is 0 Å². The molecule has 3 heterocycles. The molecule has 2 fully saturated rings. The summed E-state index contributed by atoms with van der Waals surface area (Å²) in [5.74, 6) is 1.67. The lowest BCUT2D eigenvalue weighted by Crippen LogP contribution is -2.49. The monoisotopic (exact) mass is 481 g/mol. The van der Waals surface area contributed by atoms with E-state index in [1.165, 1.54) is 6.20 Å². The maximum absolute atomic E-state index is 12.6. The van der Waals surface area contributed by atoms with Gasteiger partial charge in [0.25, 0.3) is 5.91 Å². The Kier molecular flexibility index (Phi) is 7.25. The fourth-order valence-corrected chi connectivity index (χ4v) is 5.78. The predicted molar refractivity (Wildman–Crippen MR) is 128 cm³/mol. The van der Waals surface area contributed by atoms with Crippen molar-refractivity contribution in [2.75, 3.05) is 38.8 Å². The number of ether oxygens (including phenoxy) is 1. The molecule has 1 aliphatic carbocycles. The van der Waals surface area contributed by atoms with Crippen molar-refractivity contribution in [3.05, 3.63) is 35.9 Å². The summed E-state index contributed by atoms with van der Waals surface area (Å²) in [6.07, 6.45) is 4.89. The van der Waals surface area contributed by atoms with E-state index >= 15 is 0 Å². The third kappa shape index (κ3) is 5.49. The number of pyridine rings is 1. The zero-order chi connectivity index (χ0) is 23.6. The first-order valence-electron chi connectivity index (χ1n) is 11.3. The maximum Gasteiger partial charge on any atom is 0.273 e. The highest BCUT2D eigenvalue weighted by atomic mass is 32.3. The van der Waals surface area contributed by atoms with Crippen LogP contribution in [0.3, 0.4) is 0 Å². The van der Waals surface area contributed by atoms with Gasteiger partial charge < -0.3 is 19.5 Å². The number of carbonyl (C=O) groups is 1. The number of methoxy groups -OCH3 is 1. The number of amides is 1. The second-order valence-electron chi connectivity index (χ2n) is 8.86. The van der Waals surface area contributed by atoms with Crippen LogP contribution in [-0.2, 0) is 4.74 Å². The average Bonchev–Trinajstić information content (AvgIpc) is 3.53. The van der Waals surface area contributed by atoms with Crippen LogP contribution >= 0.6 is 10.8 Å². The molecule has 33 heavy (non-hydrogen) atoms. The lowest BCUT2D eigenvalue weighted by atomic mass is 10.0. The van der Waals surface area contributed by atoms with Crippen molar-refractivity contribution in [2.45, 2.75) is 55.5 Å². The van der Waals surface area contributed by atoms with Crippen LogP contribution in [0.2, 0.25) is 0 Å². The minimum atomic E-state index is -3.19. The van der Waals surface area contributed by atoms with Crippen molar-refractivity contribution >= 4 is 22.5 Å². The number of nitrogens with one attached hydrogen (secondary N) is 1. The number of hydrogen-bond donors (Lipinski definition) is 3. The number of anilines is 1. The highest BCUT2D eigenvalue weighted by Gasteiger charge is 2.36. The van der Waals surface area contributed by atoms with Crippen LogP contribution in [0.5, 0.6) is 0 Å². The molecule has 4 rings (SSSR count). The van der Waals surface area contributed by atoms with Crippen LogP contribution in [0.1, 0.15) is 56.2 Å². The Morgan fingerprint density at radius 2 is 2.18 bits per heavy atom. The number of piperidine rings is 1. The molecule has 2 atom stereocenters. The molecule has 1 saturated heterocycles. The maximum atomic E-state index is 12.6. The molecule has 0 aromatic carbocycles. The Hall–Kier alpha value is -2.18. The van der Waals surface area contributed by atoms with Gasteiger partial charge in [0.2, 0.25) is 0 Å². The molecular formula is C22H35N5O5S. The molecule has 1 unspecified atom stereocenters. The molecule has 1 saturated carbocycles. The summed E-state index contributed by atoms with van der Waals surface area (Å²) >= 11 is 0. The highest BCUT2D eigenvalue weighted by molar-refractivity contribution is 8.22. The van der Waals surface area contributed by atoms with Gasteiger partial charge in [-0.3, -0.25) is 13.9 Å². The van der Waals surface area contributed by atoms with Gasteiger partial charge in [-0.15, -0.1) is 10.8 Å².